The molecule has 3 aromatic rings. The maximum atomic E-state index is 9.56. The van der Waals surface area contributed by atoms with Crippen molar-refractivity contribution in [1.29, 1.82) is 5.26 Å². The molecule has 0 spiro atoms. The third-order valence-electron chi connectivity index (χ3n) is 3.73. The number of nitriles is 1. The molecule has 4 nitrogen and oxygen atoms in total. The Hall–Kier alpha value is -2.55. The van der Waals surface area contributed by atoms with Gasteiger partial charge in [-0.1, -0.05) is 39.7 Å². The highest BCUT2D eigenvalue weighted by Gasteiger charge is 2.17. The zero-order valence-corrected chi connectivity index (χ0v) is 15.6. The third-order valence-corrected chi connectivity index (χ3v) is 4.46. The van der Waals surface area contributed by atoms with E-state index in [4.69, 9.17) is 22.1 Å². The molecular formula is C19H13BrClN3O. The standard InChI is InChI=1S/C19H13BrClN3O/c1-25-18-6-5-12(20)8-15(18)14-9-17(24-19(23)16(14)10-22)11-3-2-4-13(21)7-11/h2-9H,1H3,(H2,23,24). The Kier molecular flexibility index (Phi) is 4.93. The van der Waals surface area contributed by atoms with Crippen molar-refractivity contribution in [3.63, 3.8) is 0 Å². The maximum absolute atomic E-state index is 9.56. The second-order valence-electron chi connectivity index (χ2n) is 5.28. The number of rotatable bonds is 3. The minimum absolute atomic E-state index is 0.164. The zero-order valence-electron chi connectivity index (χ0n) is 13.3. The number of pyridine rings is 1. The van der Waals surface area contributed by atoms with Gasteiger partial charge in [0, 0.05) is 26.2 Å². The molecule has 1 heterocycles. The molecule has 0 aliphatic rings. The molecule has 6 heteroatoms. The summed E-state index contributed by atoms with van der Waals surface area (Å²) in [6.07, 6.45) is 0. The molecule has 0 atom stereocenters. The van der Waals surface area contributed by atoms with Crippen LogP contribution in [0.5, 0.6) is 5.75 Å². The average Bonchev–Trinajstić information content (AvgIpc) is 2.61. The highest BCUT2D eigenvalue weighted by Crippen LogP contribution is 2.38. The number of benzene rings is 2. The number of hydrogen-bond acceptors (Lipinski definition) is 4. The molecular weight excluding hydrogens is 402 g/mol. The van der Waals surface area contributed by atoms with E-state index in [0.29, 0.717) is 27.6 Å². The molecule has 0 amide bonds. The summed E-state index contributed by atoms with van der Waals surface area (Å²) < 4.78 is 6.31. The van der Waals surface area contributed by atoms with Crippen LogP contribution in [0.1, 0.15) is 5.56 Å². The van der Waals surface area contributed by atoms with Crippen molar-refractivity contribution >= 4 is 33.3 Å². The Bertz CT molecular complexity index is 998. The number of nitrogens with two attached hydrogens (primary N) is 1. The second kappa shape index (κ2) is 7.14. The van der Waals surface area contributed by atoms with Crippen LogP contribution in [0.4, 0.5) is 5.82 Å². The van der Waals surface area contributed by atoms with Gasteiger partial charge in [-0.25, -0.2) is 4.98 Å². The van der Waals surface area contributed by atoms with E-state index in [9.17, 15) is 5.26 Å². The summed E-state index contributed by atoms with van der Waals surface area (Å²) in [4.78, 5) is 4.36. The van der Waals surface area contributed by atoms with Gasteiger partial charge in [-0.05, 0) is 36.4 Å². The Morgan fingerprint density at radius 3 is 2.64 bits per heavy atom. The quantitative estimate of drug-likeness (QED) is 0.631. The Morgan fingerprint density at radius 1 is 1.16 bits per heavy atom. The second-order valence-corrected chi connectivity index (χ2v) is 6.63. The lowest BCUT2D eigenvalue weighted by Gasteiger charge is -2.13. The average molecular weight is 415 g/mol. The van der Waals surface area contributed by atoms with Crippen molar-refractivity contribution in [3.8, 4) is 34.2 Å². The molecule has 0 saturated heterocycles. The molecule has 2 N–H and O–H groups in total. The first-order valence-electron chi connectivity index (χ1n) is 7.34. The molecule has 0 saturated carbocycles. The van der Waals surface area contributed by atoms with Gasteiger partial charge < -0.3 is 10.5 Å². The minimum Gasteiger partial charge on any atom is -0.496 e. The molecule has 0 bridgehead atoms. The van der Waals surface area contributed by atoms with Crippen LogP contribution >= 0.6 is 27.5 Å². The van der Waals surface area contributed by atoms with Crippen molar-refractivity contribution in [1.82, 2.24) is 4.98 Å². The minimum atomic E-state index is 0.164. The molecule has 0 unspecified atom stereocenters. The molecule has 0 aliphatic heterocycles. The first-order valence-corrected chi connectivity index (χ1v) is 8.51. The summed E-state index contributed by atoms with van der Waals surface area (Å²) in [5, 5.41) is 10.2. The van der Waals surface area contributed by atoms with E-state index in [-0.39, 0.29) is 5.82 Å². The maximum Gasteiger partial charge on any atom is 0.142 e. The summed E-state index contributed by atoms with van der Waals surface area (Å²) in [5.41, 5.74) is 9.23. The van der Waals surface area contributed by atoms with E-state index in [1.165, 1.54) is 0 Å². The van der Waals surface area contributed by atoms with Crippen molar-refractivity contribution in [3.05, 3.63) is 63.6 Å². The summed E-state index contributed by atoms with van der Waals surface area (Å²) in [5.74, 6) is 0.805. The van der Waals surface area contributed by atoms with Crippen molar-refractivity contribution in [2.75, 3.05) is 12.8 Å². The number of hydrogen-bond donors (Lipinski definition) is 1. The van der Waals surface area contributed by atoms with Gasteiger partial charge in [-0.3, -0.25) is 0 Å². The van der Waals surface area contributed by atoms with E-state index in [2.05, 4.69) is 27.0 Å². The van der Waals surface area contributed by atoms with E-state index in [1.54, 1.807) is 19.2 Å². The van der Waals surface area contributed by atoms with Crippen LogP contribution < -0.4 is 10.5 Å². The molecule has 124 valence electrons. The predicted octanol–water partition coefficient (Wildman–Crippen LogP) is 5.29. The van der Waals surface area contributed by atoms with Crippen LogP contribution in [0.3, 0.4) is 0 Å². The van der Waals surface area contributed by atoms with E-state index < -0.39 is 0 Å². The fourth-order valence-corrected chi connectivity index (χ4v) is 3.13. The van der Waals surface area contributed by atoms with Gasteiger partial charge in [0.2, 0.25) is 0 Å². The molecule has 1 aromatic heterocycles. The topological polar surface area (TPSA) is 71.9 Å². The van der Waals surface area contributed by atoms with Gasteiger partial charge >= 0.3 is 0 Å². The number of nitrogen functional groups attached to an aromatic ring is 1. The third kappa shape index (κ3) is 3.46. The first-order chi connectivity index (χ1) is 12.0. The summed E-state index contributed by atoms with van der Waals surface area (Å²) in [7, 11) is 1.58. The normalized spacial score (nSPS) is 10.3. The Morgan fingerprint density at radius 2 is 1.96 bits per heavy atom. The lowest BCUT2D eigenvalue weighted by Crippen LogP contribution is -2.00. The summed E-state index contributed by atoms with van der Waals surface area (Å²) >= 11 is 9.54. The Labute approximate surface area is 159 Å². The van der Waals surface area contributed by atoms with Crippen LogP contribution in [-0.4, -0.2) is 12.1 Å². The van der Waals surface area contributed by atoms with Crippen LogP contribution in [0.15, 0.2) is 53.0 Å². The van der Waals surface area contributed by atoms with Gasteiger partial charge in [0.1, 0.15) is 23.2 Å². The number of aromatic nitrogens is 1. The van der Waals surface area contributed by atoms with Gasteiger partial charge in [0.05, 0.1) is 12.8 Å². The van der Waals surface area contributed by atoms with E-state index in [1.807, 2.05) is 36.4 Å². The summed E-state index contributed by atoms with van der Waals surface area (Å²) in [6.45, 7) is 0. The van der Waals surface area contributed by atoms with Gasteiger partial charge in [-0.15, -0.1) is 0 Å². The lowest BCUT2D eigenvalue weighted by atomic mass is 9.97. The van der Waals surface area contributed by atoms with Gasteiger partial charge in [0.15, 0.2) is 0 Å². The van der Waals surface area contributed by atoms with Crippen LogP contribution in [-0.2, 0) is 0 Å². The van der Waals surface area contributed by atoms with Crippen molar-refractivity contribution < 1.29 is 4.74 Å². The lowest BCUT2D eigenvalue weighted by molar-refractivity contribution is 0.416. The van der Waals surface area contributed by atoms with Gasteiger partial charge in [-0.2, -0.15) is 5.26 Å². The Balaban J connectivity index is 2.30. The number of methoxy groups -OCH3 is 1. The van der Waals surface area contributed by atoms with Crippen LogP contribution in [0.2, 0.25) is 5.02 Å². The molecule has 3 rings (SSSR count). The predicted molar refractivity (Wildman–Crippen MR) is 103 cm³/mol. The highest BCUT2D eigenvalue weighted by molar-refractivity contribution is 9.10. The first kappa shape index (κ1) is 17.3. The zero-order chi connectivity index (χ0) is 18.0. The smallest absolute Gasteiger partial charge is 0.142 e. The largest absolute Gasteiger partial charge is 0.496 e. The van der Waals surface area contributed by atoms with Crippen LogP contribution in [0, 0.1) is 11.3 Å². The van der Waals surface area contributed by atoms with Crippen LogP contribution in [0.25, 0.3) is 22.4 Å². The van der Waals surface area contributed by atoms with Gasteiger partial charge in [0.25, 0.3) is 0 Å². The fourth-order valence-electron chi connectivity index (χ4n) is 2.58. The monoisotopic (exact) mass is 413 g/mol. The molecule has 0 fully saturated rings. The highest BCUT2D eigenvalue weighted by atomic mass is 79.9. The van der Waals surface area contributed by atoms with Crippen molar-refractivity contribution in [2.24, 2.45) is 0 Å². The number of anilines is 1. The van der Waals surface area contributed by atoms with Crippen molar-refractivity contribution in [2.45, 2.75) is 0 Å². The molecule has 0 radical (unpaired) electrons. The SMILES string of the molecule is COc1ccc(Br)cc1-c1cc(-c2cccc(Cl)c2)nc(N)c1C#N. The fraction of sp³-hybridized carbons (Fsp3) is 0.0526. The van der Waals surface area contributed by atoms with E-state index >= 15 is 0 Å². The molecule has 25 heavy (non-hydrogen) atoms. The molecule has 0 aliphatic carbocycles. The summed E-state index contributed by atoms with van der Waals surface area (Å²) in [6, 6.07) is 16.9. The number of ether oxygens (including phenoxy) is 1. The number of nitrogens with zero attached hydrogens (tertiary/aromatic N) is 2. The number of halogens is 2. The molecule has 2 aromatic carbocycles. The van der Waals surface area contributed by atoms with E-state index in [0.717, 1.165) is 15.6 Å².